The largest absolute Gasteiger partial charge is 0.508 e. The molecule has 1 fully saturated rings. The molecule has 0 aromatic heterocycles. The minimum atomic E-state index is -3.30. The van der Waals surface area contributed by atoms with E-state index in [1.54, 1.807) is 6.07 Å². The summed E-state index contributed by atoms with van der Waals surface area (Å²) < 4.78 is 36.8. The van der Waals surface area contributed by atoms with Gasteiger partial charge in [0, 0.05) is 24.7 Å². The van der Waals surface area contributed by atoms with E-state index in [0.29, 0.717) is 30.0 Å². The zero-order chi connectivity index (χ0) is 25.9. The van der Waals surface area contributed by atoms with Gasteiger partial charge in [0.05, 0.1) is 12.2 Å². The van der Waals surface area contributed by atoms with Crippen LogP contribution in [0.15, 0.2) is 30.3 Å². The Morgan fingerprint density at radius 1 is 1.25 bits per heavy atom. The molecular formula is C27H35F2N3O4. The molecule has 0 bridgehead atoms. The molecule has 3 N–H and O–H groups in total. The number of amides is 1. The first kappa shape index (κ1) is 26.0. The maximum Gasteiger partial charge on any atom is 0.394 e. The molecule has 4 rings (SSSR count). The second kappa shape index (κ2) is 10.9. The van der Waals surface area contributed by atoms with Crippen LogP contribution < -0.4 is 20.1 Å². The number of anilines is 2. The van der Waals surface area contributed by atoms with Gasteiger partial charge in [0.15, 0.2) is 6.10 Å². The topological polar surface area (TPSA) is 83.1 Å². The number of benzene rings is 2. The zero-order valence-corrected chi connectivity index (χ0v) is 21.1. The first-order valence-electron chi connectivity index (χ1n) is 12.5. The van der Waals surface area contributed by atoms with Gasteiger partial charge in [-0.1, -0.05) is 12.8 Å². The number of phenolic OH excluding ortho intramolecular Hbond substituents is 1. The third-order valence-electron chi connectivity index (χ3n) is 6.64. The summed E-state index contributed by atoms with van der Waals surface area (Å²) in [6.45, 7) is 1.74. The van der Waals surface area contributed by atoms with Crippen LogP contribution in [0.5, 0.6) is 17.2 Å². The van der Waals surface area contributed by atoms with Gasteiger partial charge < -0.3 is 30.1 Å². The van der Waals surface area contributed by atoms with Crippen molar-refractivity contribution in [1.29, 1.82) is 0 Å². The number of carbonyl (C=O) groups is 1. The number of carbonyl (C=O) groups excluding carboxylic acids is 1. The van der Waals surface area contributed by atoms with Crippen molar-refractivity contribution in [1.82, 2.24) is 4.90 Å². The Balaban J connectivity index is 1.48. The molecule has 2 aromatic rings. The summed E-state index contributed by atoms with van der Waals surface area (Å²) in [5.41, 5.74) is 3.02. The van der Waals surface area contributed by atoms with Gasteiger partial charge in [0.1, 0.15) is 17.2 Å². The average molecular weight is 504 g/mol. The molecular weight excluding hydrogens is 468 g/mol. The maximum absolute atomic E-state index is 13.2. The van der Waals surface area contributed by atoms with Crippen LogP contribution in [0.25, 0.3) is 0 Å². The fourth-order valence-corrected chi connectivity index (χ4v) is 4.90. The van der Waals surface area contributed by atoms with Crippen LogP contribution in [0.3, 0.4) is 0 Å². The van der Waals surface area contributed by atoms with Gasteiger partial charge in [0.25, 0.3) is 5.91 Å². The molecule has 36 heavy (non-hydrogen) atoms. The second-order valence-corrected chi connectivity index (χ2v) is 10.0. The molecule has 0 spiro atoms. The smallest absolute Gasteiger partial charge is 0.394 e. The molecule has 1 saturated carbocycles. The summed E-state index contributed by atoms with van der Waals surface area (Å²) in [6.07, 6.45) is 2.03. The van der Waals surface area contributed by atoms with E-state index in [4.69, 9.17) is 4.74 Å². The summed E-state index contributed by atoms with van der Waals surface area (Å²) in [5.74, 6) is 0.586. The highest BCUT2D eigenvalue weighted by molar-refractivity contribution is 5.96. The van der Waals surface area contributed by atoms with E-state index in [-0.39, 0.29) is 24.0 Å². The highest BCUT2D eigenvalue weighted by Gasteiger charge is 2.29. The van der Waals surface area contributed by atoms with E-state index in [2.05, 4.69) is 26.3 Å². The Bertz CT molecular complexity index is 1080. The van der Waals surface area contributed by atoms with Gasteiger partial charge in [0.2, 0.25) is 0 Å². The molecule has 196 valence electrons. The summed E-state index contributed by atoms with van der Waals surface area (Å²) in [7, 11) is 4.05. The first-order valence-corrected chi connectivity index (χ1v) is 12.5. The molecule has 1 atom stereocenters. The third kappa shape index (κ3) is 6.57. The Hall–Kier alpha value is -3.07. The fourth-order valence-electron chi connectivity index (χ4n) is 4.90. The van der Waals surface area contributed by atoms with E-state index < -0.39 is 12.2 Å². The van der Waals surface area contributed by atoms with Crippen LogP contribution in [0.1, 0.15) is 56.1 Å². The van der Waals surface area contributed by atoms with Gasteiger partial charge in [-0.2, -0.15) is 8.78 Å². The quantitative estimate of drug-likeness (QED) is 0.428. The highest BCUT2D eigenvalue weighted by atomic mass is 19.3. The molecule has 0 radical (unpaired) electrons. The molecule has 1 heterocycles. The Morgan fingerprint density at radius 2 is 2.00 bits per heavy atom. The van der Waals surface area contributed by atoms with E-state index in [1.807, 2.05) is 14.1 Å². The van der Waals surface area contributed by atoms with E-state index in [1.165, 1.54) is 31.0 Å². The number of phenols is 1. The minimum absolute atomic E-state index is 0.000412. The Kier molecular flexibility index (Phi) is 7.88. The number of ether oxygens (including phenoxy) is 2. The Labute approximate surface area is 210 Å². The number of halogens is 2. The second-order valence-electron chi connectivity index (χ2n) is 10.0. The molecule has 1 amide bonds. The van der Waals surface area contributed by atoms with E-state index in [9.17, 15) is 18.7 Å². The Morgan fingerprint density at radius 3 is 2.69 bits per heavy atom. The van der Waals surface area contributed by atoms with Crippen molar-refractivity contribution in [2.75, 3.05) is 37.8 Å². The van der Waals surface area contributed by atoms with Crippen LogP contribution in [-0.2, 0) is 11.2 Å². The standard InChI is InChI=1S/C27H35F2N3O4/c1-27(28,29)36-19-10-11-24-22(14-19)30-16-25(35-24)26(34)31-21-15-23(33)20(17-7-4-5-8-17)13-18(21)9-6-12-32(2)3/h10-11,13-15,17,25,30,33H,4-9,12,16H2,1-3H3,(H,31,34). The van der Waals surface area contributed by atoms with Crippen molar-refractivity contribution in [3.63, 3.8) is 0 Å². The summed E-state index contributed by atoms with van der Waals surface area (Å²) in [5, 5.41) is 16.8. The van der Waals surface area contributed by atoms with E-state index in [0.717, 1.165) is 43.4 Å². The van der Waals surface area contributed by atoms with Gasteiger partial charge in [-0.25, -0.2) is 0 Å². The van der Waals surface area contributed by atoms with Crippen molar-refractivity contribution >= 4 is 17.3 Å². The molecule has 1 aliphatic carbocycles. The third-order valence-corrected chi connectivity index (χ3v) is 6.64. The molecule has 9 heteroatoms. The number of nitrogens with one attached hydrogen (secondary N) is 2. The van der Waals surface area contributed by atoms with Crippen LogP contribution in [0, 0.1) is 0 Å². The lowest BCUT2D eigenvalue weighted by molar-refractivity contribution is -0.158. The lowest BCUT2D eigenvalue weighted by Crippen LogP contribution is -2.41. The van der Waals surface area contributed by atoms with Crippen LogP contribution in [0.4, 0.5) is 20.2 Å². The number of hydrogen-bond acceptors (Lipinski definition) is 6. The lowest BCUT2D eigenvalue weighted by atomic mass is 9.92. The monoisotopic (exact) mass is 503 g/mol. The first-order chi connectivity index (χ1) is 17.1. The maximum atomic E-state index is 13.2. The number of fused-ring (bicyclic) bond motifs is 1. The number of hydrogen-bond donors (Lipinski definition) is 3. The van der Waals surface area contributed by atoms with Crippen molar-refractivity contribution in [2.45, 2.75) is 63.6 Å². The number of aromatic hydroxyl groups is 1. The average Bonchev–Trinajstić information content (AvgIpc) is 3.33. The predicted molar refractivity (Wildman–Crippen MR) is 135 cm³/mol. The lowest BCUT2D eigenvalue weighted by Gasteiger charge is -2.27. The summed E-state index contributed by atoms with van der Waals surface area (Å²) >= 11 is 0. The molecule has 1 aliphatic heterocycles. The van der Waals surface area contributed by atoms with Gasteiger partial charge in [-0.05, 0) is 81.6 Å². The van der Waals surface area contributed by atoms with Crippen LogP contribution in [-0.4, -0.2) is 55.3 Å². The predicted octanol–water partition coefficient (Wildman–Crippen LogP) is 5.35. The number of aryl methyl sites for hydroxylation is 1. The molecule has 2 aliphatic rings. The number of alkyl halides is 2. The molecule has 7 nitrogen and oxygen atoms in total. The summed E-state index contributed by atoms with van der Waals surface area (Å²) in [6, 6.07) is 8.01. The van der Waals surface area contributed by atoms with E-state index >= 15 is 0 Å². The zero-order valence-electron chi connectivity index (χ0n) is 21.1. The van der Waals surface area contributed by atoms with Gasteiger partial charge >= 0.3 is 6.11 Å². The minimum Gasteiger partial charge on any atom is -0.508 e. The normalized spacial score (nSPS) is 17.9. The number of nitrogens with zero attached hydrogens (tertiary/aromatic N) is 1. The fraction of sp³-hybridized carbons (Fsp3) is 0.519. The summed E-state index contributed by atoms with van der Waals surface area (Å²) in [4.78, 5) is 15.2. The van der Waals surface area contributed by atoms with Crippen molar-refractivity contribution < 1.29 is 28.2 Å². The van der Waals surface area contributed by atoms with Crippen LogP contribution >= 0.6 is 0 Å². The SMILES string of the molecule is CN(C)CCCc1cc(C2CCCC2)c(O)cc1NC(=O)C1CNc2cc(OC(C)(F)F)ccc2O1. The highest BCUT2D eigenvalue weighted by Crippen LogP contribution is 2.41. The van der Waals surface area contributed by atoms with Crippen LogP contribution in [0.2, 0.25) is 0 Å². The van der Waals surface area contributed by atoms with Gasteiger partial charge in [-0.3, -0.25) is 4.79 Å². The van der Waals surface area contributed by atoms with Crippen molar-refractivity contribution in [2.24, 2.45) is 0 Å². The molecule has 0 saturated heterocycles. The molecule has 1 unspecified atom stereocenters. The van der Waals surface area contributed by atoms with Crippen molar-refractivity contribution in [3.05, 3.63) is 41.5 Å². The van der Waals surface area contributed by atoms with Crippen molar-refractivity contribution in [3.8, 4) is 17.2 Å². The number of rotatable bonds is 9. The van der Waals surface area contributed by atoms with Gasteiger partial charge in [-0.15, -0.1) is 0 Å². The molecule has 2 aromatic carbocycles.